The van der Waals surface area contributed by atoms with Crippen LogP contribution in [0.15, 0.2) is 48.8 Å². The molecular formula is C22H23N3O3. The maximum absolute atomic E-state index is 11.9. The number of hydrogen-bond acceptors (Lipinski definition) is 4. The van der Waals surface area contributed by atoms with Crippen LogP contribution >= 0.6 is 0 Å². The third-order valence-electron chi connectivity index (χ3n) is 3.67. The van der Waals surface area contributed by atoms with Gasteiger partial charge in [0.05, 0.1) is 6.61 Å². The lowest BCUT2D eigenvalue weighted by atomic mass is 10.2. The molecule has 0 atom stereocenters. The molecule has 0 aliphatic rings. The zero-order valence-electron chi connectivity index (χ0n) is 15.6. The van der Waals surface area contributed by atoms with E-state index in [1.54, 1.807) is 6.07 Å². The van der Waals surface area contributed by atoms with Crippen molar-refractivity contribution in [2.24, 2.45) is 0 Å². The largest absolute Gasteiger partial charge is 0.619 e. The van der Waals surface area contributed by atoms with Gasteiger partial charge in [0, 0.05) is 38.0 Å². The number of benzene rings is 1. The first-order valence-electron chi connectivity index (χ1n) is 9.02. The minimum absolute atomic E-state index is 0.276. The van der Waals surface area contributed by atoms with Crippen molar-refractivity contribution in [1.29, 1.82) is 0 Å². The molecule has 0 fully saturated rings. The molecule has 0 unspecified atom stereocenters. The highest BCUT2D eigenvalue weighted by molar-refractivity contribution is 5.93. The van der Waals surface area contributed by atoms with Gasteiger partial charge < -0.3 is 20.6 Å². The van der Waals surface area contributed by atoms with Gasteiger partial charge in [-0.3, -0.25) is 4.79 Å². The van der Waals surface area contributed by atoms with Crippen LogP contribution in [0.2, 0.25) is 0 Å². The Kier molecular flexibility index (Phi) is 8.77. The lowest BCUT2D eigenvalue weighted by molar-refractivity contribution is -0.605. The third-order valence-corrected chi connectivity index (χ3v) is 3.67. The van der Waals surface area contributed by atoms with Gasteiger partial charge in [0.15, 0.2) is 12.4 Å². The van der Waals surface area contributed by atoms with E-state index in [9.17, 15) is 10.0 Å². The number of terminal acetylenes is 1. The van der Waals surface area contributed by atoms with Gasteiger partial charge in [-0.15, -0.1) is 12.3 Å². The highest BCUT2D eigenvalue weighted by Crippen LogP contribution is 2.13. The second-order valence-electron chi connectivity index (χ2n) is 5.92. The second-order valence-corrected chi connectivity index (χ2v) is 5.92. The summed E-state index contributed by atoms with van der Waals surface area (Å²) in [5, 5.41) is 17.0. The molecule has 28 heavy (non-hydrogen) atoms. The average molecular weight is 377 g/mol. The molecule has 1 aromatic carbocycles. The fourth-order valence-electron chi connectivity index (χ4n) is 2.31. The highest BCUT2D eigenvalue weighted by atomic mass is 16.5. The van der Waals surface area contributed by atoms with Gasteiger partial charge in [-0.1, -0.05) is 18.1 Å². The molecule has 0 aliphatic heterocycles. The third kappa shape index (κ3) is 7.72. The summed E-state index contributed by atoms with van der Waals surface area (Å²) in [6, 6.07) is 13.8. The number of hydrogen-bond donors (Lipinski definition) is 2. The molecule has 0 radical (unpaired) electrons. The first-order chi connectivity index (χ1) is 13.7. The average Bonchev–Trinajstić information content (AvgIpc) is 2.70. The van der Waals surface area contributed by atoms with Gasteiger partial charge >= 0.3 is 0 Å². The van der Waals surface area contributed by atoms with E-state index in [1.165, 1.54) is 18.5 Å². The molecule has 2 aromatic rings. The maximum Gasteiger partial charge on any atom is 0.257 e. The molecule has 1 aromatic heterocycles. The molecule has 0 saturated heterocycles. The number of amides is 1. The van der Waals surface area contributed by atoms with Crippen LogP contribution in [0.5, 0.6) is 5.75 Å². The number of unbranched alkanes of at least 4 members (excludes halogenated alkanes) is 1. The fourth-order valence-corrected chi connectivity index (χ4v) is 2.31. The van der Waals surface area contributed by atoms with Crippen LogP contribution in [-0.4, -0.2) is 19.1 Å². The predicted octanol–water partition coefficient (Wildman–Crippen LogP) is 1.98. The standard InChI is InChI=1S/C22H23N3O3/c1-2-3-4-5-12-23-17-19-9-6-11-21(16-19)28-15-8-13-24-22(26)20-10-7-14-25(27)18-20/h1,6-7,9-11,14,16,18,23H,3-4,8,13,15,17H2,(H,24,26). The van der Waals surface area contributed by atoms with Crippen LogP contribution in [0, 0.1) is 29.5 Å². The molecule has 6 nitrogen and oxygen atoms in total. The SMILES string of the molecule is C#CCCC#CNCc1cccc(OCCCNC(=O)c2ccc[n+]([O-])c2)c1. The quantitative estimate of drug-likeness (QED) is 0.230. The van der Waals surface area contributed by atoms with Crippen molar-refractivity contribution in [3.8, 4) is 30.1 Å². The smallest absolute Gasteiger partial charge is 0.257 e. The molecule has 1 amide bonds. The van der Waals surface area contributed by atoms with Gasteiger partial charge in [0.2, 0.25) is 0 Å². The summed E-state index contributed by atoms with van der Waals surface area (Å²) in [7, 11) is 0. The Hall–Kier alpha value is -3.64. The number of carbonyl (C=O) groups is 1. The van der Waals surface area contributed by atoms with E-state index in [-0.39, 0.29) is 5.91 Å². The van der Waals surface area contributed by atoms with Gasteiger partial charge in [0.25, 0.3) is 5.91 Å². The molecule has 144 valence electrons. The van der Waals surface area contributed by atoms with Crippen LogP contribution in [0.1, 0.15) is 35.2 Å². The summed E-state index contributed by atoms with van der Waals surface area (Å²) in [4.78, 5) is 11.9. The Morgan fingerprint density at radius 3 is 2.96 bits per heavy atom. The zero-order chi connectivity index (χ0) is 20.0. The monoisotopic (exact) mass is 377 g/mol. The molecule has 6 heteroatoms. The van der Waals surface area contributed by atoms with Crippen molar-refractivity contribution in [1.82, 2.24) is 10.6 Å². The molecule has 2 N–H and O–H groups in total. The Morgan fingerprint density at radius 1 is 1.25 bits per heavy atom. The van der Waals surface area contributed by atoms with Crippen molar-refractivity contribution in [3.63, 3.8) is 0 Å². The Balaban J connectivity index is 1.66. The molecule has 2 rings (SSSR count). The summed E-state index contributed by atoms with van der Waals surface area (Å²) in [6.07, 6.45) is 9.74. The van der Waals surface area contributed by atoms with E-state index >= 15 is 0 Å². The van der Waals surface area contributed by atoms with Gasteiger partial charge in [-0.25, -0.2) is 0 Å². The van der Waals surface area contributed by atoms with Crippen LogP contribution < -0.4 is 20.1 Å². The van der Waals surface area contributed by atoms with E-state index in [1.807, 2.05) is 24.3 Å². The normalized spacial score (nSPS) is 9.54. The van der Waals surface area contributed by atoms with Crippen LogP contribution in [0.4, 0.5) is 0 Å². The Labute approximate surface area is 165 Å². The summed E-state index contributed by atoms with van der Waals surface area (Å²) in [6.45, 7) is 1.55. The van der Waals surface area contributed by atoms with Gasteiger partial charge in [0.1, 0.15) is 11.3 Å². The highest BCUT2D eigenvalue weighted by Gasteiger charge is 2.07. The number of nitrogens with one attached hydrogen (secondary N) is 2. The van der Waals surface area contributed by atoms with Crippen molar-refractivity contribution in [2.75, 3.05) is 13.2 Å². The summed E-state index contributed by atoms with van der Waals surface area (Å²) in [5.41, 5.74) is 1.40. The Bertz CT molecular complexity index is 878. The minimum atomic E-state index is -0.276. The summed E-state index contributed by atoms with van der Waals surface area (Å²) >= 11 is 0. The Morgan fingerprint density at radius 2 is 2.14 bits per heavy atom. The zero-order valence-corrected chi connectivity index (χ0v) is 15.6. The van der Waals surface area contributed by atoms with Gasteiger partial charge in [-0.05, 0) is 30.2 Å². The van der Waals surface area contributed by atoms with Crippen molar-refractivity contribution in [2.45, 2.75) is 25.8 Å². The lowest BCUT2D eigenvalue weighted by Gasteiger charge is -2.09. The molecule has 0 spiro atoms. The predicted molar refractivity (Wildman–Crippen MR) is 107 cm³/mol. The van der Waals surface area contributed by atoms with Gasteiger partial charge in [-0.2, -0.15) is 4.73 Å². The first kappa shape index (κ1) is 20.7. The number of carbonyl (C=O) groups excluding carboxylic acids is 1. The number of ether oxygens (including phenoxy) is 1. The van der Waals surface area contributed by atoms with Crippen molar-refractivity contribution >= 4 is 5.91 Å². The lowest BCUT2D eigenvalue weighted by Crippen LogP contribution is -2.30. The summed E-state index contributed by atoms with van der Waals surface area (Å²) in [5.74, 6) is 5.99. The molecule has 0 saturated carbocycles. The van der Waals surface area contributed by atoms with Crippen LogP contribution in [0.25, 0.3) is 0 Å². The number of nitrogens with zero attached hydrogens (tertiary/aromatic N) is 1. The fraction of sp³-hybridized carbons (Fsp3) is 0.273. The van der Waals surface area contributed by atoms with Crippen LogP contribution in [0.3, 0.4) is 0 Å². The number of aromatic nitrogens is 1. The first-order valence-corrected chi connectivity index (χ1v) is 9.02. The minimum Gasteiger partial charge on any atom is -0.619 e. The van der Waals surface area contributed by atoms with Crippen LogP contribution in [-0.2, 0) is 6.54 Å². The van der Waals surface area contributed by atoms with E-state index in [2.05, 4.69) is 28.5 Å². The van der Waals surface area contributed by atoms with E-state index in [0.29, 0.717) is 49.3 Å². The van der Waals surface area contributed by atoms with Crippen molar-refractivity contribution in [3.05, 3.63) is 65.1 Å². The van der Waals surface area contributed by atoms with Crippen molar-refractivity contribution < 1.29 is 14.3 Å². The topological polar surface area (TPSA) is 77.3 Å². The number of pyridine rings is 1. The number of rotatable bonds is 9. The second kappa shape index (κ2) is 11.9. The molecule has 0 aliphatic carbocycles. The van der Waals surface area contributed by atoms with E-state index in [4.69, 9.17) is 11.2 Å². The molecule has 1 heterocycles. The molecule has 0 bridgehead atoms. The maximum atomic E-state index is 11.9. The van der Waals surface area contributed by atoms with E-state index in [0.717, 1.165) is 11.3 Å². The van der Waals surface area contributed by atoms with E-state index < -0.39 is 0 Å². The summed E-state index contributed by atoms with van der Waals surface area (Å²) < 4.78 is 6.32. The molecular weight excluding hydrogens is 354 g/mol.